The van der Waals surface area contributed by atoms with Crippen molar-refractivity contribution in [2.45, 2.75) is 0 Å². The molecule has 6 nitrogen and oxygen atoms in total. The molecule has 0 bridgehead atoms. The highest BCUT2D eigenvalue weighted by molar-refractivity contribution is 6.07. The molecule has 0 aromatic heterocycles. The standard InChI is InChI=1S/C22H18O6/c1-25-19-9-7-17(15-4-2-3-5-16(15)19)22(24)28-13-18(23)14-6-8-20-21(12-14)27-11-10-26-20/h2-9,12H,10-11,13H2,1H3. The zero-order chi connectivity index (χ0) is 19.5. The fraction of sp³-hybridized carbons (Fsp3) is 0.182. The molecule has 0 saturated heterocycles. The van der Waals surface area contributed by atoms with Gasteiger partial charge in [-0.05, 0) is 35.7 Å². The lowest BCUT2D eigenvalue weighted by molar-refractivity contribution is 0.0476. The van der Waals surface area contributed by atoms with E-state index in [0.717, 1.165) is 5.39 Å². The van der Waals surface area contributed by atoms with Crippen LogP contribution in [0.15, 0.2) is 54.6 Å². The third-order valence-electron chi connectivity index (χ3n) is 4.52. The maximum Gasteiger partial charge on any atom is 0.339 e. The summed E-state index contributed by atoms with van der Waals surface area (Å²) in [4.78, 5) is 25.0. The second-order valence-electron chi connectivity index (χ2n) is 6.22. The number of ether oxygens (including phenoxy) is 4. The van der Waals surface area contributed by atoms with Crippen molar-refractivity contribution in [1.82, 2.24) is 0 Å². The van der Waals surface area contributed by atoms with E-state index in [-0.39, 0.29) is 12.4 Å². The Kier molecular flexibility index (Phi) is 4.85. The van der Waals surface area contributed by atoms with Crippen molar-refractivity contribution >= 4 is 22.5 Å². The lowest BCUT2D eigenvalue weighted by atomic mass is 10.0. The molecule has 1 aliphatic rings. The first kappa shape index (κ1) is 17.9. The SMILES string of the molecule is COc1ccc(C(=O)OCC(=O)c2ccc3c(c2)OCCO3)c2ccccc12. The molecule has 0 aliphatic carbocycles. The quantitative estimate of drug-likeness (QED) is 0.498. The van der Waals surface area contributed by atoms with Crippen molar-refractivity contribution in [3.05, 3.63) is 65.7 Å². The van der Waals surface area contributed by atoms with Gasteiger partial charge in [-0.15, -0.1) is 0 Å². The number of fused-ring (bicyclic) bond motifs is 2. The van der Waals surface area contributed by atoms with Gasteiger partial charge < -0.3 is 18.9 Å². The summed E-state index contributed by atoms with van der Waals surface area (Å²) in [6, 6.07) is 15.6. The molecule has 0 saturated carbocycles. The van der Waals surface area contributed by atoms with E-state index in [2.05, 4.69) is 0 Å². The van der Waals surface area contributed by atoms with Gasteiger partial charge in [0.15, 0.2) is 23.9 Å². The zero-order valence-corrected chi connectivity index (χ0v) is 15.3. The highest BCUT2D eigenvalue weighted by Gasteiger charge is 2.18. The molecular weight excluding hydrogens is 360 g/mol. The largest absolute Gasteiger partial charge is 0.496 e. The van der Waals surface area contributed by atoms with E-state index in [4.69, 9.17) is 18.9 Å². The van der Waals surface area contributed by atoms with Crippen LogP contribution in [0.5, 0.6) is 17.2 Å². The normalized spacial score (nSPS) is 12.5. The summed E-state index contributed by atoms with van der Waals surface area (Å²) in [7, 11) is 1.58. The molecule has 0 atom stereocenters. The molecule has 4 rings (SSSR count). The monoisotopic (exact) mass is 378 g/mol. The fourth-order valence-electron chi connectivity index (χ4n) is 3.14. The van der Waals surface area contributed by atoms with Gasteiger partial charge in [-0.25, -0.2) is 4.79 Å². The maximum absolute atomic E-state index is 12.6. The van der Waals surface area contributed by atoms with Crippen molar-refractivity contribution in [3.8, 4) is 17.2 Å². The Bertz CT molecular complexity index is 1060. The molecule has 3 aromatic rings. The average Bonchev–Trinajstić information content (AvgIpc) is 2.76. The van der Waals surface area contributed by atoms with Crippen molar-refractivity contribution in [2.24, 2.45) is 0 Å². The average molecular weight is 378 g/mol. The Morgan fingerprint density at radius 3 is 2.46 bits per heavy atom. The van der Waals surface area contributed by atoms with Crippen LogP contribution in [-0.2, 0) is 4.74 Å². The van der Waals surface area contributed by atoms with Crippen molar-refractivity contribution in [3.63, 3.8) is 0 Å². The molecule has 0 unspecified atom stereocenters. The summed E-state index contributed by atoms with van der Waals surface area (Å²) in [5.74, 6) is 0.904. The van der Waals surface area contributed by atoms with Crippen LogP contribution >= 0.6 is 0 Å². The summed E-state index contributed by atoms with van der Waals surface area (Å²) in [5, 5.41) is 1.51. The minimum Gasteiger partial charge on any atom is -0.496 e. The second-order valence-corrected chi connectivity index (χ2v) is 6.22. The minimum atomic E-state index is -0.565. The summed E-state index contributed by atoms with van der Waals surface area (Å²) < 4.78 is 21.5. The van der Waals surface area contributed by atoms with Crippen LogP contribution in [0.1, 0.15) is 20.7 Å². The Hall–Kier alpha value is -3.54. The van der Waals surface area contributed by atoms with Crippen LogP contribution in [-0.4, -0.2) is 38.7 Å². The molecule has 142 valence electrons. The van der Waals surface area contributed by atoms with E-state index in [0.29, 0.717) is 47.0 Å². The topological polar surface area (TPSA) is 71.1 Å². The van der Waals surface area contributed by atoms with Crippen molar-refractivity contribution < 1.29 is 28.5 Å². The van der Waals surface area contributed by atoms with E-state index >= 15 is 0 Å². The van der Waals surface area contributed by atoms with E-state index in [1.807, 2.05) is 24.3 Å². The fourth-order valence-corrected chi connectivity index (χ4v) is 3.14. The molecule has 1 aliphatic heterocycles. The molecule has 6 heteroatoms. The molecule has 0 N–H and O–H groups in total. The lowest BCUT2D eigenvalue weighted by Gasteiger charge is -2.18. The van der Waals surface area contributed by atoms with Gasteiger partial charge in [0, 0.05) is 10.9 Å². The number of carbonyl (C=O) groups excluding carboxylic acids is 2. The van der Waals surface area contributed by atoms with Crippen molar-refractivity contribution in [2.75, 3.05) is 26.9 Å². The Balaban J connectivity index is 1.50. The Morgan fingerprint density at radius 2 is 1.68 bits per heavy atom. The molecule has 1 heterocycles. The first-order valence-electron chi connectivity index (χ1n) is 8.83. The minimum absolute atomic E-state index is 0.317. The van der Waals surface area contributed by atoms with E-state index in [9.17, 15) is 9.59 Å². The summed E-state index contributed by atoms with van der Waals surface area (Å²) in [6.07, 6.45) is 0. The molecule has 3 aromatic carbocycles. The maximum atomic E-state index is 12.6. The van der Waals surface area contributed by atoms with Gasteiger partial charge >= 0.3 is 5.97 Å². The van der Waals surface area contributed by atoms with Gasteiger partial charge in [0.2, 0.25) is 0 Å². The number of rotatable bonds is 5. The third kappa shape index (κ3) is 3.36. The Morgan fingerprint density at radius 1 is 0.929 bits per heavy atom. The number of esters is 1. The van der Waals surface area contributed by atoms with Gasteiger partial charge in [-0.2, -0.15) is 0 Å². The van der Waals surface area contributed by atoms with Crippen LogP contribution in [0.25, 0.3) is 10.8 Å². The number of ketones is 1. The number of hydrogen-bond donors (Lipinski definition) is 0. The third-order valence-corrected chi connectivity index (χ3v) is 4.52. The summed E-state index contributed by atoms with van der Waals surface area (Å²) in [6.45, 7) is 0.552. The van der Waals surface area contributed by atoms with Gasteiger partial charge in [0.25, 0.3) is 0 Å². The number of carbonyl (C=O) groups is 2. The van der Waals surface area contributed by atoms with Crippen LogP contribution in [0.4, 0.5) is 0 Å². The highest BCUT2D eigenvalue weighted by atomic mass is 16.6. The molecule has 0 spiro atoms. The van der Waals surface area contributed by atoms with Crippen LogP contribution in [0, 0.1) is 0 Å². The Labute approximate surface area is 161 Å². The predicted octanol–water partition coefficient (Wildman–Crippen LogP) is 3.66. The second kappa shape index (κ2) is 7.60. The zero-order valence-electron chi connectivity index (χ0n) is 15.3. The molecule has 0 radical (unpaired) electrons. The van der Waals surface area contributed by atoms with Gasteiger partial charge in [0.1, 0.15) is 19.0 Å². The van der Waals surface area contributed by atoms with Crippen LogP contribution in [0.2, 0.25) is 0 Å². The number of benzene rings is 3. The van der Waals surface area contributed by atoms with Crippen LogP contribution in [0.3, 0.4) is 0 Å². The van der Waals surface area contributed by atoms with Gasteiger partial charge in [-0.3, -0.25) is 4.79 Å². The summed E-state index contributed by atoms with van der Waals surface area (Å²) >= 11 is 0. The van der Waals surface area contributed by atoms with E-state index < -0.39 is 5.97 Å². The number of hydrogen-bond acceptors (Lipinski definition) is 6. The lowest BCUT2D eigenvalue weighted by Crippen LogP contribution is -2.17. The smallest absolute Gasteiger partial charge is 0.339 e. The molecular formula is C22H18O6. The highest BCUT2D eigenvalue weighted by Crippen LogP contribution is 2.31. The first-order valence-corrected chi connectivity index (χ1v) is 8.83. The molecule has 28 heavy (non-hydrogen) atoms. The van der Waals surface area contributed by atoms with Crippen molar-refractivity contribution in [1.29, 1.82) is 0 Å². The molecule has 0 amide bonds. The summed E-state index contributed by atoms with van der Waals surface area (Å²) in [5.41, 5.74) is 0.781. The van der Waals surface area contributed by atoms with E-state index in [1.165, 1.54) is 0 Å². The number of methoxy groups -OCH3 is 1. The number of Topliss-reactive ketones (excluding diaryl/α,β-unsaturated/α-hetero) is 1. The van der Waals surface area contributed by atoms with Crippen LogP contribution < -0.4 is 14.2 Å². The first-order chi connectivity index (χ1) is 13.7. The van der Waals surface area contributed by atoms with E-state index in [1.54, 1.807) is 37.4 Å². The predicted molar refractivity (Wildman–Crippen MR) is 103 cm³/mol. The van der Waals surface area contributed by atoms with Gasteiger partial charge in [0.05, 0.1) is 12.7 Å². The molecule has 0 fully saturated rings. The van der Waals surface area contributed by atoms with Gasteiger partial charge in [-0.1, -0.05) is 24.3 Å².